The van der Waals surface area contributed by atoms with E-state index in [0.717, 1.165) is 25.9 Å². The predicted molar refractivity (Wildman–Crippen MR) is 55.3 cm³/mol. The second-order valence-corrected chi connectivity index (χ2v) is 3.87. The number of piperidine rings is 1. The van der Waals surface area contributed by atoms with Gasteiger partial charge in [-0.15, -0.1) is 0 Å². The first-order valence-corrected chi connectivity index (χ1v) is 4.92. The molecule has 0 aromatic heterocycles. The van der Waals surface area contributed by atoms with E-state index in [2.05, 4.69) is 23.8 Å². The van der Waals surface area contributed by atoms with Crippen LogP contribution in [0, 0.1) is 0 Å². The number of rotatable bonds is 4. The Morgan fingerprint density at radius 2 is 2.14 bits per heavy atom. The van der Waals surface area contributed by atoms with Gasteiger partial charge in [-0.1, -0.05) is 6.58 Å². The number of aliphatic carboxylic acids is 1. The van der Waals surface area contributed by atoms with Crippen LogP contribution in [-0.2, 0) is 4.79 Å². The molecule has 1 heterocycles. The first-order valence-electron chi connectivity index (χ1n) is 4.92. The lowest BCUT2D eigenvalue weighted by molar-refractivity contribution is -0.132. The monoisotopic (exact) mass is 198 g/mol. The van der Waals surface area contributed by atoms with Crippen LogP contribution in [0.15, 0.2) is 12.2 Å². The van der Waals surface area contributed by atoms with E-state index in [9.17, 15) is 4.79 Å². The molecule has 0 aliphatic carbocycles. The van der Waals surface area contributed by atoms with Crippen molar-refractivity contribution in [2.75, 3.05) is 26.7 Å². The third kappa shape index (κ3) is 3.47. The number of nitrogens with one attached hydrogen (secondary N) is 1. The van der Waals surface area contributed by atoms with Crippen LogP contribution in [0.5, 0.6) is 0 Å². The van der Waals surface area contributed by atoms with Crippen molar-refractivity contribution in [1.82, 2.24) is 10.2 Å². The molecule has 0 amide bonds. The van der Waals surface area contributed by atoms with E-state index >= 15 is 0 Å². The Morgan fingerprint density at radius 3 is 2.64 bits per heavy atom. The Labute approximate surface area is 84.6 Å². The molecule has 1 aliphatic rings. The van der Waals surface area contributed by atoms with Crippen LogP contribution in [0.2, 0.25) is 0 Å². The third-order valence-corrected chi connectivity index (χ3v) is 2.63. The molecular weight excluding hydrogens is 180 g/mol. The van der Waals surface area contributed by atoms with Crippen LogP contribution >= 0.6 is 0 Å². The third-order valence-electron chi connectivity index (χ3n) is 2.63. The highest BCUT2D eigenvalue weighted by atomic mass is 16.4. The highest BCUT2D eigenvalue weighted by Gasteiger charge is 2.16. The summed E-state index contributed by atoms with van der Waals surface area (Å²) in [6, 6.07) is 0.447. The Morgan fingerprint density at radius 1 is 1.57 bits per heavy atom. The normalized spacial score (nSPS) is 19.5. The Balaban J connectivity index is 2.19. The highest BCUT2D eigenvalue weighted by molar-refractivity contribution is 5.86. The van der Waals surface area contributed by atoms with Crippen molar-refractivity contribution < 1.29 is 9.90 Å². The van der Waals surface area contributed by atoms with Gasteiger partial charge in [-0.25, -0.2) is 4.79 Å². The minimum atomic E-state index is -0.912. The molecule has 0 atom stereocenters. The molecule has 4 nitrogen and oxygen atoms in total. The quantitative estimate of drug-likeness (QED) is 0.638. The Bertz CT molecular complexity index is 220. The molecule has 0 spiro atoms. The molecule has 0 aromatic rings. The van der Waals surface area contributed by atoms with Gasteiger partial charge in [0, 0.05) is 18.2 Å². The van der Waals surface area contributed by atoms with Crippen molar-refractivity contribution in [2.24, 2.45) is 0 Å². The topological polar surface area (TPSA) is 52.6 Å². The zero-order chi connectivity index (χ0) is 10.6. The molecule has 1 fully saturated rings. The van der Waals surface area contributed by atoms with E-state index in [1.165, 1.54) is 0 Å². The van der Waals surface area contributed by atoms with Gasteiger partial charge in [0.05, 0.1) is 0 Å². The molecule has 0 unspecified atom stereocenters. The number of carboxylic acids is 1. The summed E-state index contributed by atoms with van der Waals surface area (Å²) >= 11 is 0. The lowest BCUT2D eigenvalue weighted by Crippen LogP contribution is -2.41. The Kier molecular flexibility index (Phi) is 4.10. The minimum Gasteiger partial charge on any atom is -0.478 e. The lowest BCUT2D eigenvalue weighted by Gasteiger charge is -2.29. The van der Waals surface area contributed by atoms with Crippen LogP contribution in [-0.4, -0.2) is 48.7 Å². The maximum absolute atomic E-state index is 10.5. The summed E-state index contributed by atoms with van der Waals surface area (Å²) in [7, 11) is 2.10. The zero-order valence-corrected chi connectivity index (χ0v) is 8.62. The summed E-state index contributed by atoms with van der Waals surface area (Å²) in [5.41, 5.74) is 0.240. The molecule has 0 aromatic carbocycles. The molecule has 80 valence electrons. The summed E-state index contributed by atoms with van der Waals surface area (Å²) in [5.74, 6) is -0.912. The number of likely N-dealkylation sites (tertiary alicyclic amines) is 1. The number of nitrogens with zero attached hydrogens (tertiary/aromatic N) is 1. The fourth-order valence-corrected chi connectivity index (χ4v) is 1.56. The second kappa shape index (κ2) is 5.12. The molecule has 2 N–H and O–H groups in total. The maximum Gasteiger partial charge on any atom is 0.332 e. The van der Waals surface area contributed by atoms with Crippen LogP contribution in [0.3, 0.4) is 0 Å². The maximum atomic E-state index is 10.5. The average molecular weight is 198 g/mol. The van der Waals surface area contributed by atoms with Crippen molar-refractivity contribution in [3.05, 3.63) is 12.2 Å². The fraction of sp³-hybridized carbons (Fsp3) is 0.700. The summed E-state index contributed by atoms with van der Waals surface area (Å²) in [4.78, 5) is 12.8. The van der Waals surface area contributed by atoms with Crippen LogP contribution in [0.4, 0.5) is 0 Å². The molecule has 0 radical (unpaired) electrons. The van der Waals surface area contributed by atoms with E-state index in [4.69, 9.17) is 5.11 Å². The van der Waals surface area contributed by atoms with Crippen molar-refractivity contribution in [3.8, 4) is 0 Å². The summed E-state index contributed by atoms with van der Waals surface area (Å²) in [6.07, 6.45) is 2.17. The van der Waals surface area contributed by atoms with Crippen molar-refractivity contribution in [3.63, 3.8) is 0 Å². The van der Waals surface area contributed by atoms with Crippen LogP contribution in [0.25, 0.3) is 0 Å². The van der Waals surface area contributed by atoms with Crippen LogP contribution in [0.1, 0.15) is 12.8 Å². The first kappa shape index (κ1) is 11.2. The standard InChI is InChI=1S/C10H18N2O2/c1-8(10(13)14)7-11-9-3-5-12(2)6-4-9/h9,11H,1,3-7H2,2H3,(H,13,14). The SMILES string of the molecule is C=C(CNC1CCN(C)CC1)C(=O)O. The number of carbonyl (C=O) groups is 1. The van der Waals surface area contributed by atoms with Gasteiger partial charge in [0.2, 0.25) is 0 Å². The van der Waals surface area contributed by atoms with E-state index < -0.39 is 5.97 Å². The summed E-state index contributed by atoms with van der Waals surface area (Å²) < 4.78 is 0. The van der Waals surface area contributed by atoms with Gasteiger partial charge in [-0.2, -0.15) is 0 Å². The van der Waals surface area contributed by atoms with E-state index in [1.54, 1.807) is 0 Å². The van der Waals surface area contributed by atoms with E-state index in [-0.39, 0.29) is 5.57 Å². The minimum absolute atomic E-state index is 0.240. The van der Waals surface area contributed by atoms with Crippen molar-refractivity contribution in [2.45, 2.75) is 18.9 Å². The first-order chi connectivity index (χ1) is 6.59. The number of hydrogen-bond donors (Lipinski definition) is 2. The van der Waals surface area contributed by atoms with E-state index in [1.807, 2.05) is 0 Å². The average Bonchev–Trinajstić information content (AvgIpc) is 2.16. The fourth-order valence-electron chi connectivity index (χ4n) is 1.56. The molecular formula is C10H18N2O2. The smallest absolute Gasteiger partial charge is 0.332 e. The molecule has 1 saturated heterocycles. The largest absolute Gasteiger partial charge is 0.478 e. The van der Waals surface area contributed by atoms with Gasteiger partial charge in [0.1, 0.15) is 0 Å². The van der Waals surface area contributed by atoms with Crippen molar-refractivity contribution in [1.29, 1.82) is 0 Å². The molecule has 0 bridgehead atoms. The lowest BCUT2D eigenvalue weighted by atomic mass is 10.1. The zero-order valence-electron chi connectivity index (χ0n) is 8.62. The van der Waals surface area contributed by atoms with E-state index in [0.29, 0.717) is 12.6 Å². The molecule has 4 heteroatoms. The second-order valence-electron chi connectivity index (χ2n) is 3.87. The van der Waals surface area contributed by atoms with Gasteiger partial charge in [0.15, 0.2) is 0 Å². The van der Waals surface area contributed by atoms with Crippen LogP contribution < -0.4 is 5.32 Å². The predicted octanol–water partition coefficient (Wildman–Crippen LogP) is 0.311. The highest BCUT2D eigenvalue weighted by Crippen LogP contribution is 2.08. The van der Waals surface area contributed by atoms with Crippen molar-refractivity contribution >= 4 is 5.97 Å². The van der Waals surface area contributed by atoms with Gasteiger partial charge >= 0.3 is 5.97 Å². The van der Waals surface area contributed by atoms with Gasteiger partial charge < -0.3 is 15.3 Å². The molecule has 1 aliphatic heterocycles. The number of hydrogen-bond acceptors (Lipinski definition) is 3. The Hall–Kier alpha value is -0.870. The number of carboxylic acid groups (broad SMARTS) is 1. The van der Waals surface area contributed by atoms with Gasteiger partial charge in [-0.3, -0.25) is 0 Å². The summed E-state index contributed by atoms with van der Waals surface area (Å²) in [5, 5.41) is 11.8. The summed E-state index contributed by atoms with van der Waals surface area (Å²) in [6.45, 7) is 6.03. The molecule has 0 saturated carbocycles. The van der Waals surface area contributed by atoms with Gasteiger partial charge in [0.25, 0.3) is 0 Å². The van der Waals surface area contributed by atoms with Gasteiger partial charge in [-0.05, 0) is 33.0 Å². The molecule has 14 heavy (non-hydrogen) atoms. The molecule has 1 rings (SSSR count).